The van der Waals surface area contributed by atoms with E-state index in [0.29, 0.717) is 4.90 Å². The molecule has 0 aliphatic rings. The van der Waals surface area contributed by atoms with Crippen LogP contribution in [-0.4, -0.2) is 24.1 Å². The molecule has 0 unspecified atom stereocenters. The molecule has 0 radical (unpaired) electrons. The van der Waals surface area contributed by atoms with E-state index in [4.69, 9.17) is 0 Å². The molecule has 2 aromatic rings. The number of carbonyl (C=O) groups excluding carboxylic acids is 2. The molecule has 0 fully saturated rings. The lowest BCUT2D eigenvalue weighted by molar-refractivity contribution is -0.122. The molecular weight excluding hydrogens is 358 g/mol. The van der Waals surface area contributed by atoms with Crippen LogP contribution in [0.1, 0.15) is 16.7 Å². The predicted molar refractivity (Wildman–Crippen MR) is 99.4 cm³/mol. The molecule has 2 N–H and O–H groups in total. The molecule has 138 valence electrons. The van der Waals surface area contributed by atoms with Crippen LogP contribution in [0.2, 0.25) is 0 Å². The molecule has 0 aromatic heterocycles. The van der Waals surface area contributed by atoms with Gasteiger partial charge in [0.05, 0.1) is 12.3 Å². The summed E-state index contributed by atoms with van der Waals surface area (Å²) in [6, 6.07) is 7.38. The number of hydrogen-bond donors (Lipinski definition) is 2. The maximum Gasteiger partial charge on any atom is 0.243 e. The van der Waals surface area contributed by atoms with Crippen LogP contribution in [0.3, 0.4) is 0 Å². The lowest BCUT2D eigenvalue weighted by Gasteiger charge is -2.13. The van der Waals surface area contributed by atoms with Gasteiger partial charge < -0.3 is 10.6 Å². The number of halogens is 2. The fourth-order valence-electron chi connectivity index (χ4n) is 2.51. The first kappa shape index (κ1) is 19.9. The minimum atomic E-state index is -0.960. The number of benzene rings is 2. The Bertz CT molecular complexity index is 817. The van der Waals surface area contributed by atoms with Crippen molar-refractivity contribution in [1.82, 2.24) is 5.32 Å². The summed E-state index contributed by atoms with van der Waals surface area (Å²) in [4.78, 5) is 24.3. The third kappa shape index (κ3) is 5.56. The van der Waals surface area contributed by atoms with Crippen LogP contribution < -0.4 is 10.6 Å². The van der Waals surface area contributed by atoms with Gasteiger partial charge in [-0.1, -0.05) is 17.7 Å². The fourth-order valence-corrected chi connectivity index (χ4v) is 3.26. The molecule has 4 nitrogen and oxygen atoms in total. The van der Waals surface area contributed by atoms with Crippen LogP contribution in [0.4, 0.5) is 14.5 Å². The highest BCUT2D eigenvalue weighted by Crippen LogP contribution is 2.22. The van der Waals surface area contributed by atoms with Crippen LogP contribution in [-0.2, 0) is 9.59 Å². The van der Waals surface area contributed by atoms with Gasteiger partial charge in [-0.3, -0.25) is 9.59 Å². The van der Waals surface area contributed by atoms with E-state index in [1.54, 1.807) is 0 Å². The van der Waals surface area contributed by atoms with Crippen molar-refractivity contribution in [2.75, 3.05) is 17.6 Å². The number of carbonyl (C=O) groups is 2. The molecule has 0 atom stereocenters. The van der Waals surface area contributed by atoms with E-state index in [1.165, 1.54) is 6.07 Å². The van der Waals surface area contributed by atoms with E-state index in [0.717, 1.165) is 46.3 Å². The van der Waals surface area contributed by atoms with Crippen LogP contribution in [0.5, 0.6) is 0 Å². The molecule has 0 saturated carbocycles. The van der Waals surface area contributed by atoms with Crippen molar-refractivity contribution in [3.05, 3.63) is 58.7 Å². The van der Waals surface area contributed by atoms with Crippen LogP contribution in [0.15, 0.2) is 35.2 Å². The number of thioether (sulfide) groups is 1. The molecule has 2 amide bonds. The van der Waals surface area contributed by atoms with Crippen molar-refractivity contribution in [2.24, 2.45) is 0 Å². The highest BCUT2D eigenvalue weighted by atomic mass is 32.2. The average molecular weight is 378 g/mol. The molecule has 0 bridgehead atoms. The molecule has 2 rings (SSSR count). The van der Waals surface area contributed by atoms with Crippen molar-refractivity contribution < 1.29 is 18.4 Å². The monoisotopic (exact) mass is 378 g/mol. The van der Waals surface area contributed by atoms with Crippen molar-refractivity contribution >= 4 is 29.3 Å². The highest BCUT2D eigenvalue weighted by molar-refractivity contribution is 8.00. The SMILES string of the molecule is Cc1cc(C)c(NC(=O)CNC(=O)CSc2ccc(F)c(F)c2)c(C)c1. The Labute approximate surface area is 155 Å². The summed E-state index contributed by atoms with van der Waals surface area (Å²) in [5.41, 5.74) is 3.76. The summed E-state index contributed by atoms with van der Waals surface area (Å²) in [6.45, 7) is 5.64. The summed E-state index contributed by atoms with van der Waals surface area (Å²) >= 11 is 1.06. The first-order chi connectivity index (χ1) is 12.3. The van der Waals surface area contributed by atoms with E-state index in [1.807, 2.05) is 32.9 Å². The van der Waals surface area contributed by atoms with Gasteiger partial charge >= 0.3 is 0 Å². The fraction of sp³-hybridized carbons (Fsp3) is 0.263. The number of aryl methyl sites for hydroxylation is 3. The number of amides is 2. The van der Waals surface area contributed by atoms with E-state index < -0.39 is 11.6 Å². The average Bonchev–Trinajstić information content (AvgIpc) is 2.57. The van der Waals surface area contributed by atoms with Gasteiger partial charge in [0.15, 0.2) is 11.6 Å². The Hall–Kier alpha value is -2.41. The molecule has 0 aliphatic carbocycles. The Morgan fingerprint density at radius 1 is 0.962 bits per heavy atom. The first-order valence-electron chi connectivity index (χ1n) is 7.98. The lowest BCUT2D eigenvalue weighted by Crippen LogP contribution is -2.34. The van der Waals surface area contributed by atoms with Crippen molar-refractivity contribution in [2.45, 2.75) is 25.7 Å². The van der Waals surface area contributed by atoms with Gasteiger partial charge in [0.25, 0.3) is 0 Å². The van der Waals surface area contributed by atoms with Gasteiger partial charge in [0.1, 0.15) is 0 Å². The molecule has 7 heteroatoms. The largest absolute Gasteiger partial charge is 0.346 e. The van der Waals surface area contributed by atoms with Crippen molar-refractivity contribution in [3.63, 3.8) is 0 Å². The van der Waals surface area contributed by atoms with E-state index >= 15 is 0 Å². The maximum absolute atomic E-state index is 13.1. The van der Waals surface area contributed by atoms with Crippen molar-refractivity contribution in [3.8, 4) is 0 Å². The van der Waals surface area contributed by atoms with Gasteiger partial charge in [0.2, 0.25) is 11.8 Å². The van der Waals surface area contributed by atoms with Crippen molar-refractivity contribution in [1.29, 1.82) is 0 Å². The summed E-state index contributed by atoms with van der Waals surface area (Å²) in [6.07, 6.45) is 0. The third-order valence-corrected chi connectivity index (χ3v) is 4.64. The van der Waals surface area contributed by atoms with Gasteiger partial charge in [-0.05, 0) is 50.1 Å². The summed E-state index contributed by atoms with van der Waals surface area (Å²) in [5.74, 6) is -2.59. The molecule has 0 aliphatic heterocycles. The van der Waals surface area contributed by atoms with Crippen LogP contribution in [0, 0.1) is 32.4 Å². The van der Waals surface area contributed by atoms with E-state index in [2.05, 4.69) is 10.6 Å². The molecule has 0 saturated heterocycles. The Morgan fingerprint density at radius 3 is 2.23 bits per heavy atom. The molecule has 2 aromatic carbocycles. The van der Waals surface area contributed by atoms with Crippen LogP contribution >= 0.6 is 11.8 Å². The quantitative estimate of drug-likeness (QED) is 0.753. The summed E-state index contributed by atoms with van der Waals surface area (Å²) < 4.78 is 26.0. The zero-order chi connectivity index (χ0) is 19.3. The van der Waals surface area contributed by atoms with Gasteiger partial charge in [0, 0.05) is 10.6 Å². The van der Waals surface area contributed by atoms with E-state index in [9.17, 15) is 18.4 Å². The standard InChI is InChI=1S/C19H20F2N2O2S/c1-11-6-12(2)19(13(3)7-11)23-17(24)9-22-18(25)10-26-14-4-5-15(20)16(21)8-14/h4-8H,9-10H2,1-3H3,(H,22,25)(H,23,24). The highest BCUT2D eigenvalue weighted by Gasteiger charge is 2.11. The second-order valence-electron chi connectivity index (χ2n) is 5.96. The molecule has 0 heterocycles. The molecule has 26 heavy (non-hydrogen) atoms. The zero-order valence-corrected chi connectivity index (χ0v) is 15.6. The second-order valence-corrected chi connectivity index (χ2v) is 7.01. The van der Waals surface area contributed by atoms with Crippen LogP contribution in [0.25, 0.3) is 0 Å². The lowest BCUT2D eigenvalue weighted by atomic mass is 10.1. The second kappa shape index (κ2) is 8.80. The van der Waals surface area contributed by atoms with E-state index in [-0.39, 0.29) is 24.1 Å². The number of nitrogens with one attached hydrogen (secondary N) is 2. The normalized spacial score (nSPS) is 10.5. The smallest absolute Gasteiger partial charge is 0.243 e. The summed E-state index contributed by atoms with van der Waals surface area (Å²) in [7, 11) is 0. The topological polar surface area (TPSA) is 58.2 Å². The number of anilines is 1. The number of rotatable bonds is 6. The Balaban J connectivity index is 1.81. The summed E-state index contributed by atoms with van der Waals surface area (Å²) in [5, 5.41) is 5.31. The Kier molecular flexibility index (Phi) is 6.74. The Morgan fingerprint density at radius 2 is 1.62 bits per heavy atom. The minimum Gasteiger partial charge on any atom is -0.346 e. The zero-order valence-electron chi connectivity index (χ0n) is 14.8. The third-order valence-electron chi connectivity index (χ3n) is 3.65. The minimum absolute atomic E-state index is 0.000932. The van der Waals surface area contributed by atoms with Gasteiger partial charge in [-0.25, -0.2) is 8.78 Å². The molecule has 0 spiro atoms. The van der Waals surface area contributed by atoms with Gasteiger partial charge in [-0.15, -0.1) is 11.8 Å². The first-order valence-corrected chi connectivity index (χ1v) is 8.97. The number of hydrogen-bond acceptors (Lipinski definition) is 3. The van der Waals surface area contributed by atoms with Gasteiger partial charge in [-0.2, -0.15) is 0 Å². The molecular formula is C19H20F2N2O2S. The predicted octanol–water partition coefficient (Wildman–Crippen LogP) is 3.74. The maximum atomic E-state index is 13.1.